The molecule has 2 saturated heterocycles. The van der Waals surface area contributed by atoms with Gasteiger partial charge in [-0.05, 0) is 44.2 Å². The minimum absolute atomic E-state index is 0.00933. The minimum atomic E-state index is -0.840. The SMILES string of the molecule is Cc1ccc(C(=O)N2CCC(NC(=O)N3CC(C)CC(C(=O)O)C3)CC2)cc1. The molecule has 0 spiro atoms. The van der Waals surface area contributed by atoms with Crippen LogP contribution in [0.3, 0.4) is 0 Å². The van der Waals surface area contributed by atoms with Gasteiger partial charge in [0.15, 0.2) is 0 Å². The molecular formula is C21H29N3O4. The highest BCUT2D eigenvalue weighted by atomic mass is 16.4. The van der Waals surface area contributed by atoms with Crippen LogP contribution in [0, 0.1) is 18.8 Å². The largest absolute Gasteiger partial charge is 0.481 e. The molecule has 7 heteroatoms. The van der Waals surface area contributed by atoms with Gasteiger partial charge in [-0.3, -0.25) is 9.59 Å². The van der Waals surface area contributed by atoms with Crippen LogP contribution < -0.4 is 5.32 Å². The molecule has 7 nitrogen and oxygen atoms in total. The van der Waals surface area contributed by atoms with E-state index in [1.165, 1.54) is 0 Å². The lowest BCUT2D eigenvalue weighted by molar-refractivity contribution is -0.143. The second kappa shape index (κ2) is 8.63. The van der Waals surface area contributed by atoms with Gasteiger partial charge in [-0.1, -0.05) is 24.6 Å². The van der Waals surface area contributed by atoms with Crippen molar-refractivity contribution in [1.82, 2.24) is 15.1 Å². The Labute approximate surface area is 165 Å². The molecule has 1 aromatic rings. The van der Waals surface area contributed by atoms with Crippen molar-refractivity contribution in [3.63, 3.8) is 0 Å². The summed E-state index contributed by atoms with van der Waals surface area (Å²) in [5.74, 6) is -1.13. The number of hydrogen-bond donors (Lipinski definition) is 2. The van der Waals surface area contributed by atoms with Crippen LogP contribution in [0.4, 0.5) is 4.79 Å². The quantitative estimate of drug-likeness (QED) is 0.833. The van der Waals surface area contributed by atoms with Crippen LogP contribution in [-0.4, -0.2) is 65.0 Å². The second-order valence-corrected chi connectivity index (χ2v) is 8.16. The number of nitrogens with zero attached hydrogens (tertiary/aromatic N) is 2. The van der Waals surface area contributed by atoms with E-state index < -0.39 is 11.9 Å². The van der Waals surface area contributed by atoms with Crippen molar-refractivity contribution >= 4 is 17.9 Å². The maximum atomic E-state index is 12.6. The summed E-state index contributed by atoms with van der Waals surface area (Å²) in [4.78, 5) is 39.9. The van der Waals surface area contributed by atoms with Gasteiger partial charge in [-0.2, -0.15) is 0 Å². The van der Waals surface area contributed by atoms with Gasteiger partial charge < -0.3 is 20.2 Å². The molecule has 2 fully saturated rings. The normalized spacial score (nSPS) is 23.4. The van der Waals surface area contributed by atoms with Gasteiger partial charge in [0.1, 0.15) is 0 Å². The number of amides is 3. The molecule has 0 radical (unpaired) electrons. The highest BCUT2D eigenvalue weighted by molar-refractivity contribution is 5.94. The smallest absolute Gasteiger partial charge is 0.317 e. The zero-order valence-corrected chi connectivity index (χ0v) is 16.6. The second-order valence-electron chi connectivity index (χ2n) is 8.16. The van der Waals surface area contributed by atoms with Crippen molar-refractivity contribution in [2.45, 2.75) is 39.2 Å². The molecule has 2 atom stereocenters. The summed E-state index contributed by atoms with van der Waals surface area (Å²) in [6.07, 6.45) is 2.02. The molecule has 3 rings (SSSR count). The highest BCUT2D eigenvalue weighted by Crippen LogP contribution is 2.22. The first-order valence-electron chi connectivity index (χ1n) is 9.97. The number of likely N-dealkylation sites (tertiary alicyclic amines) is 2. The van der Waals surface area contributed by atoms with Crippen molar-refractivity contribution in [3.05, 3.63) is 35.4 Å². The molecule has 2 aliphatic heterocycles. The van der Waals surface area contributed by atoms with Crippen molar-refractivity contribution in [3.8, 4) is 0 Å². The van der Waals surface area contributed by atoms with Crippen molar-refractivity contribution in [2.75, 3.05) is 26.2 Å². The summed E-state index contributed by atoms with van der Waals surface area (Å²) in [5, 5.41) is 12.3. The minimum Gasteiger partial charge on any atom is -0.481 e. The average molecular weight is 387 g/mol. The number of hydrogen-bond acceptors (Lipinski definition) is 3. The van der Waals surface area contributed by atoms with Crippen LogP contribution in [0.25, 0.3) is 0 Å². The number of urea groups is 1. The van der Waals surface area contributed by atoms with Gasteiger partial charge in [0.2, 0.25) is 0 Å². The van der Waals surface area contributed by atoms with E-state index in [0.29, 0.717) is 44.5 Å². The zero-order chi connectivity index (χ0) is 20.3. The molecule has 0 bridgehead atoms. The molecule has 2 N–H and O–H groups in total. The van der Waals surface area contributed by atoms with Crippen molar-refractivity contribution in [2.24, 2.45) is 11.8 Å². The first kappa shape index (κ1) is 20.2. The van der Waals surface area contributed by atoms with Gasteiger partial charge in [0.05, 0.1) is 5.92 Å². The Kier molecular flexibility index (Phi) is 6.21. The number of rotatable bonds is 3. The predicted molar refractivity (Wildman–Crippen MR) is 105 cm³/mol. The summed E-state index contributed by atoms with van der Waals surface area (Å²) in [7, 11) is 0. The van der Waals surface area contributed by atoms with Gasteiger partial charge in [-0.15, -0.1) is 0 Å². The Hall–Kier alpha value is -2.57. The molecule has 0 saturated carbocycles. The third kappa shape index (κ3) is 4.82. The Morgan fingerprint density at radius 1 is 1.04 bits per heavy atom. The monoisotopic (exact) mass is 387 g/mol. The maximum Gasteiger partial charge on any atom is 0.317 e. The standard InChI is InChI=1S/C21H29N3O4/c1-14-3-5-16(6-4-14)19(25)23-9-7-18(8-10-23)22-21(28)24-12-15(2)11-17(13-24)20(26)27/h3-6,15,17-18H,7-13H2,1-2H3,(H,22,28)(H,26,27). The Morgan fingerprint density at radius 3 is 2.29 bits per heavy atom. The summed E-state index contributed by atoms with van der Waals surface area (Å²) < 4.78 is 0. The molecule has 152 valence electrons. The molecule has 2 heterocycles. The lowest BCUT2D eigenvalue weighted by Crippen LogP contribution is -2.53. The molecule has 0 aromatic heterocycles. The fourth-order valence-electron chi connectivity index (χ4n) is 4.07. The lowest BCUT2D eigenvalue weighted by atomic mass is 9.91. The molecule has 0 aliphatic carbocycles. The fourth-order valence-corrected chi connectivity index (χ4v) is 4.07. The summed E-state index contributed by atoms with van der Waals surface area (Å²) in [6, 6.07) is 7.38. The van der Waals surface area contributed by atoms with E-state index in [-0.39, 0.29) is 30.4 Å². The number of carboxylic acids is 1. The third-order valence-electron chi connectivity index (χ3n) is 5.70. The van der Waals surface area contributed by atoms with Crippen LogP contribution in [0.5, 0.6) is 0 Å². The number of carbonyl (C=O) groups is 3. The van der Waals surface area contributed by atoms with E-state index in [2.05, 4.69) is 5.32 Å². The number of benzene rings is 1. The summed E-state index contributed by atoms with van der Waals surface area (Å²) >= 11 is 0. The van der Waals surface area contributed by atoms with Crippen LogP contribution in [0.2, 0.25) is 0 Å². The molecule has 28 heavy (non-hydrogen) atoms. The maximum absolute atomic E-state index is 12.6. The highest BCUT2D eigenvalue weighted by Gasteiger charge is 2.33. The molecule has 2 unspecified atom stereocenters. The zero-order valence-electron chi connectivity index (χ0n) is 16.6. The molecule has 1 aromatic carbocycles. The van der Waals surface area contributed by atoms with Crippen LogP contribution >= 0.6 is 0 Å². The van der Waals surface area contributed by atoms with Gasteiger partial charge >= 0.3 is 12.0 Å². The van der Waals surface area contributed by atoms with Crippen LogP contribution in [0.15, 0.2) is 24.3 Å². The number of aliphatic carboxylic acids is 1. The first-order valence-corrected chi connectivity index (χ1v) is 9.97. The van der Waals surface area contributed by atoms with E-state index in [4.69, 9.17) is 0 Å². The number of carbonyl (C=O) groups excluding carboxylic acids is 2. The van der Waals surface area contributed by atoms with Crippen molar-refractivity contribution < 1.29 is 19.5 Å². The number of nitrogens with one attached hydrogen (secondary N) is 1. The molecule has 2 aliphatic rings. The summed E-state index contributed by atoms with van der Waals surface area (Å²) in [5.41, 5.74) is 1.81. The first-order chi connectivity index (χ1) is 13.3. The fraction of sp³-hybridized carbons (Fsp3) is 0.571. The van der Waals surface area contributed by atoms with Gasteiger partial charge in [0, 0.05) is 37.8 Å². The number of aryl methyl sites for hydroxylation is 1. The topological polar surface area (TPSA) is 90.0 Å². The van der Waals surface area contributed by atoms with Gasteiger partial charge in [0.25, 0.3) is 5.91 Å². The van der Waals surface area contributed by atoms with Crippen molar-refractivity contribution in [1.29, 1.82) is 0 Å². The Bertz CT molecular complexity index is 726. The Morgan fingerprint density at radius 2 is 1.68 bits per heavy atom. The lowest BCUT2D eigenvalue weighted by Gasteiger charge is -2.37. The molecular weight excluding hydrogens is 358 g/mol. The predicted octanol–water partition coefficient (Wildman–Crippen LogP) is 2.35. The Balaban J connectivity index is 1.49. The van der Waals surface area contributed by atoms with Gasteiger partial charge in [-0.25, -0.2) is 4.79 Å². The number of piperidine rings is 2. The average Bonchev–Trinajstić information content (AvgIpc) is 2.68. The number of carboxylic acid groups (broad SMARTS) is 1. The van der Waals surface area contributed by atoms with E-state index in [1.54, 1.807) is 4.90 Å². The van der Waals surface area contributed by atoms with E-state index in [9.17, 15) is 19.5 Å². The van der Waals surface area contributed by atoms with E-state index in [1.807, 2.05) is 43.0 Å². The van der Waals surface area contributed by atoms with E-state index in [0.717, 1.165) is 5.56 Å². The molecule has 3 amide bonds. The third-order valence-corrected chi connectivity index (χ3v) is 5.70. The summed E-state index contributed by atoms with van der Waals surface area (Å²) in [6.45, 7) is 6.02. The van der Waals surface area contributed by atoms with Crippen LogP contribution in [-0.2, 0) is 4.79 Å². The van der Waals surface area contributed by atoms with E-state index >= 15 is 0 Å². The van der Waals surface area contributed by atoms with Crippen LogP contribution in [0.1, 0.15) is 42.1 Å².